The molecule has 0 fully saturated rings. The number of hydrogen-bond donors (Lipinski definition) is 2. The number of nitrogens with one attached hydrogen (secondary N) is 1. The molecule has 0 aliphatic carbocycles. The Balaban J connectivity index is 1.63. The fraction of sp³-hybridized carbons (Fsp3) is 0.250. The highest BCUT2D eigenvalue weighted by Gasteiger charge is 2.13. The van der Waals surface area contributed by atoms with Gasteiger partial charge in [-0.25, -0.2) is 0 Å². The van der Waals surface area contributed by atoms with Gasteiger partial charge in [-0.3, -0.25) is 0 Å². The van der Waals surface area contributed by atoms with E-state index in [9.17, 15) is 5.11 Å². The fourth-order valence-corrected chi connectivity index (χ4v) is 3.32. The van der Waals surface area contributed by atoms with Crippen LogP contribution in [-0.4, -0.2) is 18.3 Å². The lowest BCUT2D eigenvalue weighted by Gasteiger charge is -2.16. The molecule has 0 radical (unpaired) electrons. The third-order valence-corrected chi connectivity index (χ3v) is 5.16. The predicted molar refractivity (Wildman–Crippen MR) is 122 cm³/mol. The Hall–Kier alpha value is -2.24. The summed E-state index contributed by atoms with van der Waals surface area (Å²) < 4.78 is 11.7. The summed E-state index contributed by atoms with van der Waals surface area (Å²) in [5.74, 6) is 1.22. The normalized spacial score (nSPS) is 11.9. The number of aliphatic hydroxyl groups is 1. The van der Waals surface area contributed by atoms with Gasteiger partial charge in [0, 0.05) is 29.2 Å². The van der Waals surface area contributed by atoms with Gasteiger partial charge in [0.25, 0.3) is 0 Å². The van der Waals surface area contributed by atoms with E-state index in [1.54, 1.807) is 6.07 Å². The molecule has 0 heterocycles. The molecule has 3 rings (SSSR count). The first-order chi connectivity index (χ1) is 14.6. The van der Waals surface area contributed by atoms with E-state index in [1.165, 1.54) is 0 Å². The maximum absolute atomic E-state index is 10.3. The van der Waals surface area contributed by atoms with E-state index in [1.807, 2.05) is 67.6 Å². The number of rotatable bonds is 10. The van der Waals surface area contributed by atoms with Crippen LogP contribution in [0.4, 0.5) is 0 Å². The Labute approximate surface area is 187 Å². The molecule has 0 aromatic heterocycles. The quantitative estimate of drug-likeness (QED) is 0.414. The molecule has 4 nitrogen and oxygen atoms in total. The topological polar surface area (TPSA) is 50.7 Å². The maximum atomic E-state index is 10.3. The standard InChI is InChI=1S/C24H25Cl2NO3/c1-2-29-23-12-19(14-27-15-22(28)18-6-4-3-5-7-18)21(26)13-24(23)30-16-17-8-10-20(25)11-9-17/h3-13,22,27-28H,2,14-16H2,1H3. The number of halogens is 2. The molecule has 0 aliphatic rings. The van der Waals surface area contributed by atoms with Crippen LogP contribution in [0.5, 0.6) is 11.5 Å². The third-order valence-electron chi connectivity index (χ3n) is 4.56. The van der Waals surface area contributed by atoms with Crippen LogP contribution in [0, 0.1) is 0 Å². The van der Waals surface area contributed by atoms with Crippen molar-refractivity contribution in [1.29, 1.82) is 0 Å². The number of benzene rings is 3. The van der Waals surface area contributed by atoms with Gasteiger partial charge in [0.2, 0.25) is 0 Å². The monoisotopic (exact) mass is 445 g/mol. The summed E-state index contributed by atoms with van der Waals surface area (Å²) in [6.45, 7) is 3.73. The first-order valence-corrected chi connectivity index (χ1v) is 10.6. The van der Waals surface area contributed by atoms with E-state index in [2.05, 4.69) is 5.32 Å². The molecular formula is C24H25Cl2NO3. The Morgan fingerprint density at radius 2 is 1.63 bits per heavy atom. The van der Waals surface area contributed by atoms with Crippen LogP contribution in [0.25, 0.3) is 0 Å². The van der Waals surface area contributed by atoms with Gasteiger partial charge in [-0.15, -0.1) is 0 Å². The van der Waals surface area contributed by atoms with Gasteiger partial charge in [0.05, 0.1) is 12.7 Å². The van der Waals surface area contributed by atoms with E-state index >= 15 is 0 Å². The highest BCUT2D eigenvalue weighted by molar-refractivity contribution is 6.31. The minimum Gasteiger partial charge on any atom is -0.490 e. The lowest BCUT2D eigenvalue weighted by Crippen LogP contribution is -2.21. The second-order valence-electron chi connectivity index (χ2n) is 6.80. The highest BCUT2D eigenvalue weighted by atomic mass is 35.5. The molecule has 3 aromatic rings. The van der Waals surface area contributed by atoms with Gasteiger partial charge < -0.3 is 19.9 Å². The third kappa shape index (κ3) is 6.38. The average molecular weight is 446 g/mol. The van der Waals surface area contributed by atoms with Crippen molar-refractivity contribution in [2.45, 2.75) is 26.2 Å². The van der Waals surface area contributed by atoms with Crippen molar-refractivity contribution >= 4 is 23.2 Å². The molecule has 6 heteroatoms. The molecule has 1 unspecified atom stereocenters. The van der Waals surface area contributed by atoms with Crippen LogP contribution in [-0.2, 0) is 13.2 Å². The summed E-state index contributed by atoms with van der Waals surface area (Å²) in [4.78, 5) is 0. The second-order valence-corrected chi connectivity index (χ2v) is 7.64. The Morgan fingerprint density at radius 3 is 2.33 bits per heavy atom. The minimum absolute atomic E-state index is 0.383. The molecule has 3 aromatic carbocycles. The van der Waals surface area contributed by atoms with Crippen molar-refractivity contribution < 1.29 is 14.6 Å². The van der Waals surface area contributed by atoms with Crippen LogP contribution < -0.4 is 14.8 Å². The molecule has 2 N–H and O–H groups in total. The lowest BCUT2D eigenvalue weighted by atomic mass is 10.1. The molecule has 0 aliphatic heterocycles. The zero-order valence-corrected chi connectivity index (χ0v) is 18.3. The summed E-state index contributed by atoms with van der Waals surface area (Å²) in [7, 11) is 0. The smallest absolute Gasteiger partial charge is 0.163 e. The van der Waals surface area contributed by atoms with Gasteiger partial charge in [0.1, 0.15) is 6.61 Å². The van der Waals surface area contributed by atoms with Crippen molar-refractivity contribution in [2.75, 3.05) is 13.2 Å². The van der Waals surface area contributed by atoms with Crippen molar-refractivity contribution in [1.82, 2.24) is 5.32 Å². The molecule has 30 heavy (non-hydrogen) atoms. The molecule has 0 saturated carbocycles. The van der Waals surface area contributed by atoms with E-state index in [-0.39, 0.29) is 0 Å². The second kappa shape index (κ2) is 11.2. The van der Waals surface area contributed by atoms with Crippen LogP contribution in [0.3, 0.4) is 0 Å². The Morgan fingerprint density at radius 1 is 0.933 bits per heavy atom. The minimum atomic E-state index is -0.585. The van der Waals surface area contributed by atoms with Crippen LogP contribution >= 0.6 is 23.2 Å². The van der Waals surface area contributed by atoms with Crippen LogP contribution in [0.2, 0.25) is 10.0 Å². The van der Waals surface area contributed by atoms with E-state index in [0.29, 0.717) is 47.8 Å². The number of hydrogen-bond acceptors (Lipinski definition) is 4. The van der Waals surface area contributed by atoms with Gasteiger partial charge in [-0.2, -0.15) is 0 Å². The van der Waals surface area contributed by atoms with Crippen LogP contribution in [0.15, 0.2) is 66.7 Å². The number of aliphatic hydroxyl groups excluding tert-OH is 1. The first kappa shape index (κ1) is 22.4. The maximum Gasteiger partial charge on any atom is 0.163 e. The van der Waals surface area contributed by atoms with Crippen molar-refractivity contribution in [3.05, 3.63) is 93.5 Å². The van der Waals surface area contributed by atoms with Gasteiger partial charge in [0.15, 0.2) is 11.5 Å². The van der Waals surface area contributed by atoms with Gasteiger partial charge in [-0.1, -0.05) is 65.7 Å². The SMILES string of the molecule is CCOc1cc(CNCC(O)c2ccccc2)c(Cl)cc1OCc1ccc(Cl)cc1. The summed E-state index contributed by atoms with van der Waals surface area (Å²) >= 11 is 12.4. The van der Waals surface area contributed by atoms with E-state index < -0.39 is 6.10 Å². The van der Waals surface area contributed by atoms with Crippen LogP contribution in [0.1, 0.15) is 29.7 Å². The van der Waals surface area contributed by atoms with E-state index in [0.717, 1.165) is 16.7 Å². The number of ether oxygens (including phenoxy) is 2. The summed E-state index contributed by atoms with van der Waals surface area (Å²) in [5.41, 5.74) is 2.75. The van der Waals surface area contributed by atoms with Gasteiger partial charge >= 0.3 is 0 Å². The van der Waals surface area contributed by atoms with Gasteiger partial charge in [-0.05, 0) is 41.8 Å². The fourth-order valence-electron chi connectivity index (χ4n) is 2.97. The molecule has 0 bridgehead atoms. The molecule has 0 saturated heterocycles. The molecule has 1 atom stereocenters. The molecule has 0 spiro atoms. The predicted octanol–water partition coefficient (Wildman–Crippen LogP) is 5.79. The van der Waals surface area contributed by atoms with E-state index in [4.69, 9.17) is 32.7 Å². The average Bonchev–Trinajstić information content (AvgIpc) is 2.76. The van der Waals surface area contributed by atoms with Crippen molar-refractivity contribution in [3.8, 4) is 11.5 Å². The molecule has 158 valence electrons. The summed E-state index contributed by atoms with van der Waals surface area (Å²) in [6.07, 6.45) is -0.585. The highest BCUT2D eigenvalue weighted by Crippen LogP contribution is 2.34. The zero-order valence-electron chi connectivity index (χ0n) is 16.8. The first-order valence-electron chi connectivity index (χ1n) is 9.83. The summed E-state index contributed by atoms with van der Waals surface area (Å²) in [6, 6.07) is 20.7. The zero-order chi connectivity index (χ0) is 21.3. The van der Waals surface area contributed by atoms with Crippen molar-refractivity contribution in [3.63, 3.8) is 0 Å². The largest absolute Gasteiger partial charge is 0.490 e. The Bertz CT molecular complexity index is 933. The molecular weight excluding hydrogens is 421 g/mol. The van der Waals surface area contributed by atoms with Crippen molar-refractivity contribution in [2.24, 2.45) is 0 Å². The molecule has 0 amide bonds. The summed E-state index contributed by atoms with van der Waals surface area (Å²) in [5, 5.41) is 14.8. The lowest BCUT2D eigenvalue weighted by molar-refractivity contribution is 0.174. The Kier molecular flexibility index (Phi) is 8.40.